The second-order valence-corrected chi connectivity index (χ2v) is 3.36. The summed E-state index contributed by atoms with van der Waals surface area (Å²) >= 11 is 0. The molecule has 1 aromatic rings. The number of carbonyl (C=O) groups is 2. The molecule has 0 aromatic heterocycles. The van der Waals surface area contributed by atoms with Gasteiger partial charge in [-0.25, -0.2) is 0 Å². The predicted molar refractivity (Wildman–Crippen MR) is 61.0 cm³/mol. The van der Waals surface area contributed by atoms with E-state index in [9.17, 15) is 9.59 Å². The number of ketones is 2. The highest BCUT2D eigenvalue weighted by Gasteiger charge is 2.21. The third-order valence-electron chi connectivity index (χ3n) is 2.34. The minimum Gasteiger partial charge on any atom is -0.496 e. The van der Waals surface area contributed by atoms with Crippen molar-refractivity contribution in [3.63, 3.8) is 0 Å². The fourth-order valence-corrected chi connectivity index (χ4v) is 1.58. The van der Waals surface area contributed by atoms with Gasteiger partial charge in [-0.3, -0.25) is 9.59 Å². The van der Waals surface area contributed by atoms with Gasteiger partial charge in [0.1, 0.15) is 23.7 Å². The topological polar surface area (TPSA) is 72.8 Å². The molecule has 0 aliphatic rings. The van der Waals surface area contributed by atoms with Gasteiger partial charge in [0.05, 0.1) is 19.8 Å². The van der Waals surface area contributed by atoms with Crippen LogP contribution in [0.3, 0.4) is 0 Å². The summed E-state index contributed by atoms with van der Waals surface area (Å²) in [7, 11) is 2.78. The number of aliphatic hydroxyl groups excluding tert-OH is 1. The van der Waals surface area contributed by atoms with Crippen LogP contribution < -0.4 is 9.47 Å². The zero-order valence-corrected chi connectivity index (χ0v) is 9.94. The molecule has 1 aromatic carbocycles. The molecule has 0 heterocycles. The van der Waals surface area contributed by atoms with Crippen molar-refractivity contribution < 1.29 is 24.2 Å². The minimum absolute atomic E-state index is 0.135. The lowest BCUT2D eigenvalue weighted by molar-refractivity contribution is 0.0900. The van der Waals surface area contributed by atoms with Crippen LogP contribution in [0.15, 0.2) is 12.1 Å². The lowest BCUT2D eigenvalue weighted by atomic mass is 10.0. The van der Waals surface area contributed by atoms with E-state index in [4.69, 9.17) is 14.6 Å². The first-order valence-corrected chi connectivity index (χ1v) is 4.96. The highest BCUT2D eigenvalue weighted by molar-refractivity contribution is 6.06. The highest BCUT2D eigenvalue weighted by Crippen LogP contribution is 2.32. The monoisotopic (exact) mass is 238 g/mol. The van der Waals surface area contributed by atoms with Gasteiger partial charge in [0.15, 0.2) is 11.6 Å². The molecule has 0 bridgehead atoms. The van der Waals surface area contributed by atoms with Crippen molar-refractivity contribution in [2.24, 2.45) is 0 Å². The molecule has 0 aliphatic carbocycles. The van der Waals surface area contributed by atoms with Crippen LogP contribution in [0.1, 0.15) is 27.6 Å². The van der Waals surface area contributed by atoms with Gasteiger partial charge in [0.2, 0.25) is 0 Å². The fourth-order valence-electron chi connectivity index (χ4n) is 1.58. The number of aliphatic hydroxyl groups is 1. The van der Waals surface area contributed by atoms with Gasteiger partial charge in [0.25, 0.3) is 0 Å². The van der Waals surface area contributed by atoms with E-state index in [1.807, 2.05) is 0 Å². The van der Waals surface area contributed by atoms with Crippen molar-refractivity contribution in [1.82, 2.24) is 0 Å². The maximum absolute atomic E-state index is 11.5. The van der Waals surface area contributed by atoms with Crippen molar-refractivity contribution in [1.29, 1.82) is 0 Å². The van der Waals surface area contributed by atoms with Crippen LogP contribution in [0.25, 0.3) is 0 Å². The van der Waals surface area contributed by atoms with Crippen molar-refractivity contribution in [3.05, 3.63) is 23.3 Å². The second kappa shape index (κ2) is 5.45. The Morgan fingerprint density at radius 3 is 2.29 bits per heavy atom. The van der Waals surface area contributed by atoms with E-state index < -0.39 is 12.4 Å². The molecular weight excluding hydrogens is 224 g/mol. The minimum atomic E-state index is -0.639. The van der Waals surface area contributed by atoms with Gasteiger partial charge in [-0.05, 0) is 19.1 Å². The molecule has 5 heteroatoms. The Balaban J connectivity index is 3.51. The molecule has 0 unspecified atom stereocenters. The molecule has 17 heavy (non-hydrogen) atoms. The van der Waals surface area contributed by atoms with Crippen LogP contribution in [0.2, 0.25) is 0 Å². The average molecular weight is 238 g/mol. The van der Waals surface area contributed by atoms with E-state index in [1.165, 1.54) is 33.3 Å². The Hall–Kier alpha value is -1.88. The number of hydrogen-bond donors (Lipinski definition) is 1. The molecule has 0 saturated carbocycles. The predicted octanol–water partition coefficient (Wildman–Crippen LogP) is 1.08. The zero-order chi connectivity index (χ0) is 13.0. The summed E-state index contributed by atoms with van der Waals surface area (Å²) in [5, 5.41) is 8.84. The van der Waals surface area contributed by atoms with E-state index in [0.29, 0.717) is 5.75 Å². The number of methoxy groups -OCH3 is 2. The molecule has 0 atom stereocenters. The third-order valence-corrected chi connectivity index (χ3v) is 2.34. The van der Waals surface area contributed by atoms with E-state index in [1.54, 1.807) is 0 Å². The van der Waals surface area contributed by atoms with E-state index in [-0.39, 0.29) is 22.7 Å². The summed E-state index contributed by atoms with van der Waals surface area (Å²) in [6.07, 6.45) is 0. The van der Waals surface area contributed by atoms with Gasteiger partial charge >= 0.3 is 0 Å². The standard InChI is InChI=1S/C12H14O5/c1-7(14)11-10(16-2)5-4-8(9(15)6-13)12(11)17-3/h4-5,13H,6H2,1-3H3. The first-order chi connectivity index (χ1) is 8.06. The van der Waals surface area contributed by atoms with Crippen molar-refractivity contribution in [3.8, 4) is 11.5 Å². The van der Waals surface area contributed by atoms with Gasteiger partial charge < -0.3 is 14.6 Å². The molecule has 0 aliphatic heterocycles. The molecule has 1 N–H and O–H groups in total. The first-order valence-electron chi connectivity index (χ1n) is 4.96. The normalized spacial score (nSPS) is 9.88. The van der Waals surface area contributed by atoms with E-state index in [0.717, 1.165) is 0 Å². The summed E-state index contributed by atoms with van der Waals surface area (Å²) in [6.45, 7) is 0.716. The molecule has 5 nitrogen and oxygen atoms in total. The summed E-state index contributed by atoms with van der Waals surface area (Å²) in [5.74, 6) is -0.307. The lowest BCUT2D eigenvalue weighted by Gasteiger charge is -2.13. The largest absolute Gasteiger partial charge is 0.496 e. The molecule has 92 valence electrons. The van der Waals surface area contributed by atoms with Crippen LogP contribution in [-0.4, -0.2) is 37.5 Å². The molecule has 0 fully saturated rings. The molecule has 0 spiro atoms. The molecule has 1 rings (SSSR count). The quantitative estimate of drug-likeness (QED) is 0.777. The van der Waals surface area contributed by atoms with Gasteiger partial charge in [-0.15, -0.1) is 0 Å². The Kier molecular flexibility index (Phi) is 4.23. The fraction of sp³-hybridized carbons (Fsp3) is 0.333. The molecule has 0 radical (unpaired) electrons. The summed E-state index contributed by atoms with van der Waals surface area (Å²) in [5.41, 5.74) is 0.371. The molecule has 0 saturated heterocycles. The second-order valence-electron chi connectivity index (χ2n) is 3.36. The SMILES string of the molecule is COc1ccc(C(=O)CO)c(OC)c1C(C)=O. The van der Waals surface area contributed by atoms with Crippen LogP contribution >= 0.6 is 0 Å². The Morgan fingerprint density at radius 1 is 1.24 bits per heavy atom. The van der Waals surface area contributed by atoms with Crippen LogP contribution in [-0.2, 0) is 0 Å². The van der Waals surface area contributed by atoms with Gasteiger partial charge in [0, 0.05) is 0 Å². The van der Waals surface area contributed by atoms with Crippen molar-refractivity contribution in [2.45, 2.75) is 6.92 Å². The van der Waals surface area contributed by atoms with Gasteiger partial charge in [-0.2, -0.15) is 0 Å². The lowest BCUT2D eigenvalue weighted by Crippen LogP contribution is -2.10. The Morgan fingerprint density at radius 2 is 1.88 bits per heavy atom. The zero-order valence-electron chi connectivity index (χ0n) is 9.94. The summed E-state index contributed by atoms with van der Waals surface area (Å²) in [4.78, 5) is 23.0. The number of rotatable bonds is 5. The third kappa shape index (κ3) is 2.45. The van der Waals surface area contributed by atoms with Crippen molar-refractivity contribution in [2.75, 3.05) is 20.8 Å². The van der Waals surface area contributed by atoms with Gasteiger partial charge in [-0.1, -0.05) is 0 Å². The maximum Gasteiger partial charge on any atom is 0.191 e. The number of ether oxygens (including phenoxy) is 2. The highest BCUT2D eigenvalue weighted by atomic mass is 16.5. The first kappa shape index (κ1) is 13.2. The van der Waals surface area contributed by atoms with Crippen molar-refractivity contribution >= 4 is 11.6 Å². The molecular formula is C12H14O5. The number of hydrogen-bond acceptors (Lipinski definition) is 5. The maximum atomic E-state index is 11.5. The number of Topliss-reactive ketones (excluding diaryl/α,β-unsaturated/α-hetero) is 2. The Bertz CT molecular complexity index is 450. The number of benzene rings is 1. The van der Waals surface area contributed by atoms with Crippen LogP contribution in [0.4, 0.5) is 0 Å². The van der Waals surface area contributed by atoms with Crippen LogP contribution in [0.5, 0.6) is 11.5 Å². The van der Waals surface area contributed by atoms with E-state index >= 15 is 0 Å². The average Bonchev–Trinajstić information content (AvgIpc) is 2.35. The number of carbonyl (C=O) groups excluding carboxylic acids is 2. The Labute approximate surface area is 99.0 Å². The summed E-state index contributed by atoms with van der Waals surface area (Å²) < 4.78 is 10.1. The summed E-state index contributed by atoms with van der Waals surface area (Å²) in [6, 6.07) is 2.96. The smallest absolute Gasteiger partial charge is 0.191 e. The molecule has 0 amide bonds. The van der Waals surface area contributed by atoms with Crippen LogP contribution in [0, 0.1) is 0 Å². The van der Waals surface area contributed by atoms with E-state index in [2.05, 4.69) is 0 Å².